The van der Waals surface area contributed by atoms with Crippen LogP contribution >= 0.6 is 15.6 Å². The van der Waals surface area contributed by atoms with E-state index >= 15 is 0 Å². The molecular formula is C83H162O17P2. The summed E-state index contributed by atoms with van der Waals surface area (Å²) in [7, 11) is -9.92. The van der Waals surface area contributed by atoms with E-state index in [0.717, 1.165) is 95.8 Å². The van der Waals surface area contributed by atoms with Crippen LogP contribution in [-0.2, 0) is 65.4 Å². The van der Waals surface area contributed by atoms with Crippen LogP contribution in [-0.4, -0.2) is 96.7 Å². The minimum atomic E-state index is -4.96. The Morgan fingerprint density at radius 1 is 0.265 bits per heavy atom. The highest BCUT2D eigenvalue weighted by atomic mass is 31.2. The second-order valence-electron chi connectivity index (χ2n) is 30.3. The van der Waals surface area contributed by atoms with E-state index in [2.05, 4.69) is 34.6 Å². The van der Waals surface area contributed by atoms with Crippen LogP contribution in [0.25, 0.3) is 0 Å². The highest BCUT2D eigenvalue weighted by Crippen LogP contribution is 2.45. The first-order chi connectivity index (χ1) is 49.5. The van der Waals surface area contributed by atoms with E-state index in [1.807, 2.05) is 0 Å². The maximum Gasteiger partial charge on any atom is 0.472 e. The van der Waals surface area contributed by atoms with Gasteiger partial charge in [0.2, 0.25) is 0 Å². The Labute approximate surface area is 626 Å². The van der Waals surface area contributed by atoms with Gasteiger partial charge >= 0.3 is 39.5 Å². The van der Waals surface area contributed by atoms with E-state index in [1.54, 1.807) is 0 Å². The molecule has 19 heteroatoms. The Morgan fingerprint density at radius 3 is 0.667 bits per heavy atom. The average molecular weight is 1490 g/mol. The van der Waals surface area contributed by atoms with Gasteiger partial charge < -0.3 is 33.8 Å². The summed E-state index contributed by atoms with van der Waals surface area (Å²) < 4.78 is 68.8. The average Bonchev–Trinajstić information content (AvgIpc) is 0.911. The monoisotopic (exact) mass is 1490 g/mol. The Balaban J connectivity index is 5.26. The molecule has 0 aromatic rings. The number of rotatable bonds is 83. The number of aliphatic hydroxyl groups is 1. The Kier molecular flexibility index (Phi) is 74.4. The molecule has 0 saturated carbocycles. The van der Waals surface area contributed by atoms with Crippen LogP contribution < -0.4 is 0 Å². The van der Waals surface area contributed by atoms with Crippen LogP contribution in [0.1, 0.15) is 446 Å². The largest absolute Gasteiger partial charge is 0.472 e. The third kappa shape index (κ3) is 76.3. The van der Waals surface area contributed by atoms with Crippen LogP contribution in [0.15, 0.2) is 0 Å². The van der Waals surface area contributed by atoms with Gasteiger partial charge in [0, 0.05) is 25.7 Å². The number of carbonyl (C=O) groups excluding carboxylic acids is 4. The summed E-state index contributed by atoms with van der Waals surface area (Å²) in [6.07, 6.45) is 67.9. The number of unbranched alkanes of at least 4 members (excludes halogenated alkanes) is 55. The number of carbonyl (C=O) groups is 4. The summed E-state index contributed by atoms with van der Waals surface area (Å²) in [5, 5.41) is 10.7. The zero-order valence-electron chi connectivity index (χ0n) is 66.8. The smallest absolute Gasteiger partial charge is 0.462 e. The van der Waals surface area contributed by atoms with Crippen molar-refractivity contribution in [1.82, 2.24) is 0 Å². The lowest BCUT2D eigenvalue weighted by Gasteiger charge is -2.21. The molecule has 0 saturated heterocycles. The number of phosphoric acid groups is 2. The maximum atomic E-state index is 13.1. The lowest BCUT2D eigenvalue weighted by Crippen LogP contribution is -2.30. The van der Waals surface area contributed by atoms with E-state index in [0.29, 0.717) is 25.7 Å². The normalized spacial score (nSPS) is 13.8. The first-order valence-electron chi connectivity index (χ1n) is 43.1. The van der Waals surface area contributed by atoms with Crippen LogP contribution in [0.4, 0.5) is 0 Å². The van der Waals surface area contributed by atoms with Crippen molar-refractivity contribution in [2.75, 3.05) is 39.6 Å². The number of hydrogen-bond donors (Lipinski definition) is 3. The summed E-state index contributed by atoms with van der Waals surface area (Å²) in [5.41, 5.74) is 0. The predicted octanol–water partition coefficient (Wildman–Crippen LogP) is 25.2. The van der Waals surface area contributed by atoms with E-state index in [9.17, 15) is 43.2 Å². The second-order valence-corrected chi connectivity index (χ2v) is 33.3. The molecule has 0 amide bonds. The van der Waals surface area contributed by atoms with Crippen molar-refractivity contribution < 1.29 is 80.2 Å². The topological polar surface area (TPSA) is 237 Å². The van der Waals surface area contributed by atoms with Crippen molar-refractivity contribution in [3.8, 4) is 0 Å². The lowest BCUT2D eigenvalue weighted by molar-refractivity contribution is -0.161. The van der Waals surface area contributed by atoms with Crippen molar-refractivity contribution in [2.24, 2.45) is 5.92 Å². The van der Waals surface area contributed by atoms with Gasteiger partial charge in [0.1, 0.15) is 19.3 Å². The molecule has 0 aliphatic carbocycles. The molecule has 0 spiro atoms. The second kappa shape index (κ2) is 75.9. The molecule has 0 aliphatic heterocycles. The fraction of sp³-hybridized carbons (Fsp3) is 0.952. The minimum absolute atomic E-state index is 0.108. The Morgan fingerprint density at radius 2 is 0.451 bits per heavy atom. The SMILES string of the molecule is CCCCCCCCCCCCCCCCCCCC(=O)OC[C@H](COP(=O)(O)OC[C@@H](O)COP(=O)(O)OC[C@@H](COC(=O)CCCCCCCCCCCC(C)C)OC(=O)CCCCCCCCCCCCCCCCCC)OC(=O)CCCCCCCCCCCCCCCCCCC. The van der Waals surface area contributed by atoms with Gasteiger partial charge in [-0.3, -0.25) is 37.3 Å². The van der Waals surface area contributed by atoms with Crippen molar-refractivity contribution in [3.05, 3.63) is 0 Å². The molecule has 0 aliphatic rings. The first kappa shape index (κ1) is 100. The highest BCUT2D eigenvalue weighted by Gasteiger charge is 2.30. The van der Waals surface area contributed by atoms with E-state index in [-0.39, 0.29) is 25.7 Å². The number of phosphoric ester groups is 2. The van der Waals surface area contributed by atoms with Gasteiger partial charge in [-0.2, -0.15) is 0 Å². The fourth-order valence-corrected chi connectivity index (χ4v) is 14.5. The van der Waals surface area contributed by atoms with Gasteiger partial charge in [-0.25, -0.2) is 9.13 Å². The molecule has 0 fully saturated rings. The highest BCUT2D eigenvalue weighted by molar-refractivity contribution is 7.47. The molecule has 0 aromatic carbocycles. The molecule has 3 N–H and O–H groups in total. The predicted molar refractivity (Wildman–Crippen MR) is 418 cm³/mol. The van der Waals surface area contributed by atoms with Gasteiger partial charge in [-0.1, -0.05) is 394 Å². The molecule has 17 nitrogen and oxygen atoms in total. The van der Waals surface area contributed by atoms with Gasteiger partial charge in [0.05, 0.1) is 26.4 Å². The lowest BCUT2D eigenvalue weighted by atomic mass is 10.0. The standard InChI is InChI=1S/C83H162O17P2/c1-6-9-12-15-18-21-24-27-30-33-36-38-41-46-51-56-61-66-80(85)93-72-78(99-82(87)69-64-59-54-48-43-40-37-34-31-28-25-22-19-16-13-10-7-2)74-97-101(89,90)95-70-77(84)71-96-102(91,92)98-75-79(73-94-81(86)67-62-57-52-49-44-45-50-55-60-65-76(4)5)100-83(88)68-63-58-53-47-42-39-35-32-29-26-23-20-17-14-11-8-3/h76-79,84H,6-75H2,1-5H3,(H,89,90)(H,91,92)/t77-,78-,79-/m1/s1. The zero-order valence-corrected chi connectivity index (χ0v) is 68.5. The summed E-state index contributed by atoms with van der Waals surface area (Å²) in [5.74, 6) is -1.36. The molecule has 5 atom stereocenters. The van der Waals surface area contributed by atoms with Gasteiger partial charge in [0.15, 0.2) is 12.2 Å². The van der Waals surface area contributed by atoms with Crippen LogP contribution in [0.3, 0.4) is 0 Å². The molecule has 0 heterocycles. The van der Waals surface area contributed by atoms with E-state index < -0.39 is 97.5 Å². The first-order valence-corrected chi connectivity index (χ1v) is 46.1. The quantitative estimate of drug-likeness (QED) is 0.0222. The van der Waals surface area contributed by atoms with E-state index in [1.165, 1.54) is 270 Å². The third-order valence-electron chi connectivity index (χ3n) is 19.5. The number of ether oxygens (including phenoxy) is 4. The molecule has 0 rings (SSSR count). The molecule has 0 bridgehead atoms. The molecule has 606 valence electrons. The van der Waals surface area contributed by atoms with Crippen LogP contribution in [0, 0.1) is 5.92 Å². The molecule has 0 radical (unpaired) electrons. The summed E-state index contributed by atoms with van der Waals surface area (Å²) >= 11 is 0. The van der Waals surface area contributed by atoms with Gasteiger partial charge in [-0.15, -0.1) is 0 Å². The van der Waals surface area contributed by atoms with Crippen molar-refractivity contribution in [3.63, 3.8) is 0 Å². The summed E-state index contributed by atoms with van der Waals surface area (Å²) in [4.78, 5) is 73.2. The Hall–Kier alpha value is -1.94. The summed E-state index contributed by atoms with van der Waals surface area (Å²) in [6, 6.07) is 0. The van der Waals surface area contributed by atoms with Gasteiger partial charge in [-0.05, 0) is 31.6 Å². The van der Waals surface area contributed by atoms with E-state index in [4.69, 9.17) is 37.0 Å². The van der Waals surface area contributed by atoms with Crippen molar-refractivity contribution in [1.29, 1.82) is 0 Å². The minimum Gasteiger partial charge on any atom is -0.462 e. The summed E-state index contributed by atoms with van der Waals surface area (Å²) in [6.45, 7) is 7.34. The van der Waals surface area contributed by atoms with Crippen molar-refractivity contribution >= 4 is 39.5 Å². The Bertz CT molecular complexity index is 1940. The van der Waals surface area contributed by atoms with Gasteiger partial charge in [0.25, 0.3) is 0 Å². The maximum absolute atomic E-state index is 13.1. The molecular weight excluding hydrogens is 1330 g/mol. The van der Waals surface area contributed by atoms with Crippen molar-refractivity contribution in [2.45, 2.75) is 464 Å². The molecule has 2 unspecified atom stereocenters. The molecule has 102 heavy (non-hydrogen) atoms. The number of aliphatic hydroxyl groups excluding tert-OH is 1. The number of hydrogen-bond acceptors (Lipinski definition) is 15. The number of esters is 4. The zero-order chi connectivity index (χ0) is 74.8. The fourth-order valence-electron chi connectivity index (χ4n) is 12.9. The van der Waals surface area contributed by atoms with Crippen LogP contribution in [0.2, 0.25) is 0 Å². The third-order valence-corrected chi connectivity index (χ3v) is 21.4. The molecule has 0 aromatic heterocycles. The van der Waals surface area contributed by atoms with Crippen LogP contribution in [0.5, 0.6) is 0 Å².